The molecule has 0 saturated carbocycles. The van der Waals surface area contributed by atoms with Crippen molar-refractivity contribution in [1.29, 1.82) is 0 Å². The van der Waals surface area contributed by atoms with Crippen molar-refractivity contribution in [3.8, 4) is 11.8 Å². The van der Waals surface area contributed by atoms with Crippen molar-refractivity contribution < 1.29 is 0 Å². The molecule has 59 heavy (non-hydrogen) atoms. The van der Waals surface area contributed by atoms with Crippen LogP contribution in [0.5, 0.6) is 0 Å². The molecule has 0 bridgehead atoms. The lowest BCUT2D eigenvalue weighted by molar-refractivity contribution is 0.528. The van der Waals surface area contributed by atoms with Crippen molar-refractivity contribution in [3.63, 3.8) is 0 Å². The molecule has 0 unspecified atom stereocenters. The van der Waals surface area contributed by atoms with Gasteiger partial charge in [-0.05, 0) is 97.4 Å². The summed E-state index contributed by atoms with van der Waals surface area (Å²) in [4.78, 5) is 10.7. The van der Waals surface area contributed by atoms with Gasteiger partial charge in [0.15, 0.2) is 0 Å². The summed E-state index contributed by atoms with van der Waals surface area (Å²) >= 11 is 0. The summed E-state index contributed by atoms with van der Waals surface area (Å²) in [7, 11) is 0. The van der Waals surface area contributed by atoms with E-state index >= 15 is 0 Å². The third-order valence-corrected chi connectivity index (χ3v) is 12.6. The minimum atomic E-state index is 0.879. The quantitative estimate of drug-likeness (QED) is 0.0369. The number of hydrogen-bond donors (Lipinski definition) is 0. The number of benzene rings is 2. The van der Waals surface area contributed by atoms with Crippen molar-refractivity contribution in [3.05, 3.63) is 58.7 Å². The number of hydrogen-bond acceptors (Lipinski definition) is 2. The van der Waals surface area contributed by atoms with Crippen molar-refractivity contribution in [2.75, 3.05) is 0 Å². The van der Waals surface area contributed by atoms with Crippen LogP contribution in [0.2, 0.25) is 0 Å². The molecule has 0 atom stereocenters. The highest BCUT2D eigenvalue weighted by molar-refractivity contribution is 6.49. The Morgan fingerprint density at radius 2 is 0.712 bits per heavy atom. The minimum absolute atomic E-state index is 0.879. The molecule has 2 nitrogen and oxygen atoms in total. The van der Waals surface area contributed by atoms with E-state index in [0.717, 1.165) is 67.7 Å². The fourth-order valence-corrected chi connectivity index (χ4v) is 8.61. The van der Waals surface area contributed by atoms with E-state index < -0.39 is 0 Å². The van der Waals surface area contributed by atoms with Gasteiger partial charge in [0.2, 0.25) is 0 Å². The van der Waals surface area contributed by atoms with Crippen LogP contribution in [0.25, 0.3) is 0 Å². The van der Waals surface area contributed by atoms with E-state index in [-0.39, 0.29) is 0 Å². The SMILES string of the molecule is CCCCCCCCCCCCCCC#CC(=Nc1ccc(CC)c(CC)c1)C(CCCCCCCCCCCCCCCCCCC)=Nc1ccc(CC)c(CC)c1. The van der Waals surface area contributed by atoms with Crippen molar-refractivity contribution >= 4 is 22.8 Å². The molecular formula is C57H94N2. The summed E-state index contributed by atoms with van der Waals surface area (Å²) in [6.45, 7) is 13.6. The second-order valence-electron chi connectivity index (χ2n) is 17.7. The highest BCUT2D eigenvalue weighted by Gasteiger charge is 2.11. The van der Waals surface area contributed by atoms with Crippen LogP contribution in [-0.2, 0) is 25.7 Å². The first kappa shape index (κ1) is 52.5. The van der Waals surface area contributed by atoms with Gasteiger partial charge in [0, 0.05) is 6.42 Å². The van der Waals surface area contributed by atoms with E-state index in [1.807, 2.05) is 0 Å². The van der Waals surface area contributed by atoms with Gasteiger partial charge in [-0.1, -0.05) is 233 Å². The third kappa shape index (κ3) is 25.7. The zero-order valence-electron chi connectivity index (χ0n) is 40.1. The van der Waals surface area contributed by atoms with Gasteiger partial charge < -0.3 is 0 Å². The number of unbranched alkanes of at least 4 members (excludes halogenated alkanes) is 28. The maximum atomic E-state index is 5.39. The molecule has 0 aliphatic carbocycles. The van der Waals surface area contributed by atoms with E-state index in [1.165, 1.54) is 202 Å². The highest BCUT2D eigenvalue weighted by atomic mass is 14.8. The number of rotatable bonds is 37. The van der Waals surface area contributed by atoms with Gasteiger partial charge >= 0.3 is 0 Å². The van der Waals surface area contributed by atoms with Crippen LogP contribution in [0.4, 0.5) is 11.4 Å². The minimum Gasteiger partial charge on any atom is -0.251 e. The number of nitrogens with zero attached hydrogens (tertiary/aromatic N) is 2. The zero-order chi connectivity index (χ0) is 42.4. The molecule has 2 heteroatoms. The molecule has 0 aromatic heterocycles. The lowest BCUT2D eigenvalue weighted by atomic mass is 10.0. The Balaban J connectivity index is 2.04. The Morgan fingerprint density at radius 1 is 0.373 bits per heavy atom. The predicted octanol–water partition coefficient (Wildman–Crippen LogP) is 18.9. The average Bonchev–Trinajstić information content (AvgIpc) is 3.26. The molecule has 332 valence electrons. The van der Waals surface area contributed by atoms with Crippen LogP contribution in [0.15, 0.2) is 46.4 Å². The largest absolute Gasteiger partial charge is 0.251 e. The molecule has 0 amide bonds. The Hall–Kier alpha value is -2.66. The van der Waals surface area contributed by atoms with Crippen molar-refractivity contribution in [2.45, 2.75) is 266 Å². The van der Waals surface area contributed by atoms with E-state index in [0.29, 0.717) is 0 Å². The lowest BCUT2D eigenvalue weighted by Gasteiger charge is -2.11. The molecule has 0 spiro atoms. The van der Waals surface area contributed by atoms with Crippen LogP contribution < -0.4 is 0 Å². The Bertz CT molecular complexity index is 1430. The first-order valence-corrected chi connectivity index (χ1v) is 26.0. The summed E-state index contributed by atoms with van der Waals surface area (Å²) in [6.07, 6.45) is 46.0. The second kappa shape index (κ2) is 37.1. The molecule has 0 saturated heterocycles. The van der Waals surface area contributed by atoms with Crippen LogP contribution in [0.1, 0.15) is 263 Å². The van der Waals surface area contributed by atoms with E-state index in [2.05, 4.69) is 89.8 Å². The monoisotopic (exact) mass is 807 g/mol. The van der Waals surface area contributed by atoms with Crippen molar-refractivity contribution in [2.24, 2.45) is 9.98 Å². The van der Waals surface area contributed by atoms with Gasteiger partial charge in [-0.3, -0.25) is 4.99 Å². The highest BCUT2D eigenvalue weighted by Crippen LogP contribution is 2.24. The molecule has 2 aromatic carbocycles. The molecule has 0 aliphatic rings. The second-order valence-corrected chi connectivity index (χ2v) is 17.7. The molecule has 0 N–H and O–H groups in total. The molecule has 0 aliphatic heterocycles. The number of aliphatic imine (C=N–C) groups is 2. The van der Waals surface area contributed by atoms with Crippen LogP contribution in [0, 0.1) is 11.8 Å². The molecule has 0 fully saturated rings. The Kier molecular flexibility index (Phi) is 33.0. The van der Waals surface area contributed by atoms with Crippen LogP contribution in [-0.4, -0.2) is 11.4 Å². The first-order valence-electron chi connectivity index (χ1n) is 26.0. The maximum absolute atomic E-state index is 5.39. The molecule has 2 rings (SSSR count). The summed E-state index contributed by atoms with van der Waals surface area (Å²) in [5.41, 5.74) is 9.66. The van der Waals surface area contributed by atoms with Crippen molar-refractivity contribution in [1.82, 2.24) is 0 Å². The first-order chi connectivity index (χ1) is 29.1. The van der Waals surface area contributed by atoms with Gasteiger partial charge in [0.05, 0.1) is 17.1 Å². The Morgan fingerprint density at radius 3 is 1.08 bits per heavy atom. The van der Waals surface area contributed by atoms with E-state index in [9.17, 15) is 0 Å². The van der Waals surface area contributed by atoms with Gasteiger partial charge in [-0.15, -0.1) is 0 Å². The average molecular weight is 807 g/mol. The Labute approximate surface area is 368 Å². The van der Waals surface area contributed by atoms with Crippen LogP contribution >= 0.6 is 0 Å². The standard InChI is InChI=1S/C57H94N2/c1-7-13-15-17-19-21-23-25-27-28-29-31-33-35-37-39-41-43-57(59-55-47-45-51(10-4)53(12-6)49-55)56(58-54-46-44-50(9-3)52(11-5)48-54)42-40-38-36-34-32-30-26-24-22-20-18-16-14-8-2/h44-49H,7-39,41,43H2,1-6H3. The maximum Gasteiger partial charge on any atom is 0.135 e. The fraction of sp³-hybridized carbons (Fsp3) is 0.719. The van der Waals surface area contributed by atoms with Gasteiger partial charge in [-0.2, -0.15) is 0 Å². The van der Waals surface area contributed by atoms with E-state index in [4.69, 9.17) is 9.98 Å². The molecule has 2 aromatic rings. The van der Waals surface area contributed by atoms with Crippen LogP contribution in [0.3, 0.4) is 0 Å². The topological polar surface area (TPSA) is 24.7 Å². The summed E-state index contributed by atoms with van der Waals surface area (Å²) < 4.78 is 0. The smallest absolute Gasteiger partial charge is 0.135 e. The molecular weight excluding hydrogens is 713 g/mol. The molecule has 0 heterocycles. The zero-order valence-corrected chi connectivity index (χ0v) is 40.1. The fourth-order valence-electron chi connectivity index (χ4n) is 8.61. The molecule has 0 radical (unpaired) electrons. The summed E-state index contributed by atoms with van der Waals surface area (Å²) in [6, 6.07) is 13.6. The normalized spacial score (nSPS) is 12.0. The lowest BCUT2D eigenvalue weighted by Crippen LogP contribution is -2.12. The van der Waals surface area contributed by atoms with Gasteiger partial charge in [0.25, 0.3) is 0 Å². The number of aryl methyl sites for hydroxylation is 4. The third-order valence-electron chi connectivity index (χ3n) is 12.6. The predicted molar refractivity (Wildman–Crippen MR) is 267 cm³/mol. The summed E-state index contributed by atoms with van der Waals surface area (Å²) in [5.74, 6) is 7.22. The van der Waals surface area contributed by atoms with Gasteiger partial charge in [0.1, 0.15) is 5.71 Å². The van der Waals surface area contributed by atoms with E-state index in [1.54, 1.807) is 0 Å². The van der Waals surface area contributed by atoms with Gasteiger partial charge in [-0.25, -0.2) is 4.99 Å². The summed E-state index contributed by atoms with van der Waals surface area (Å²) in [5, 5.41) is 0.